The quantitative estimate of drug-likeness (QED) is 0.587. The van der Waals surface area contributed by atoms with Crippen LogP contribution in [-0.4, -0.2) is 18.1 Å². The van der Waals surface area contributed by atoms with Crippen LogP contribution < -0.4 is 4.74 Å². The summed E-state index contributed by atoms with van der Waals surface area (Å²) in [6.45, 7) is 0.202. The molecule has 0 saturated carbocycles. The molecule has 2 aromatic carbocycles. The molecule has 5 heteroatoms. The third-order valence-corrected chi connectivity index (χ3v) is 4.68. The molecule has 0 radical (unpaired) electrons. The Bertz CT molecular complexity index is 830. The standard InChI is InChI=1S/C20H19NO3S/c1-23-18-10-6-5-7-15(18)11-12-19(22)24-13-17-14-25-20(21-17)16-8-3-2-4-9-16/h2-10,14H,11-13H2,1H3. The SMILES string of the molecule is COc1ccccc1CCC(=O)OCc1csc(-c2ccccc2)n1. The minimum Gasteiger partial charge on any atom is -0.496 e. The number of para-hydroxylation sites is 1. The van der Waals surface area contributed by atoms with Gasteiger partial charge in [-0.05, 0) is 18.1 Å². The number of benzene rings is 2. The van der Waals surface area contributed by atoms with E-state index in [-0.39, 0.29) is 12.6 Å². The second kappa shape index (κ2) is 8.44. The maximum Gasteiger partial charge on any atom is 0.306 e. The zero-order valence-electron chi connectivity index (χ0n) is 14.0. The molecule has 0 fully saturated rings. The summed E-state index contributed by atoms with van der Waals surface area (Å²) < 4.78 is 10.6. The number of nitrogens with zero attached hydrogens (tertiary/aromatic N) is 1. The number of thiazole rings is 1. The van der Waals surface area contributed by atoms with Gasteiger partial charge in [0, 0.05) is 17.4 Å². The molecule has 0 bridgehead atoms. The highest BCUT2D eigenvalue weighted by molar-refractivity contribution is 7.13. The molecule has 1 heterocycles. The smallest absolute Gasteiger partial charge is 0.306 e. The lowest BCUT2D eigenvalue weighted by Gasteiger charge is -2.07. The molecule has 0 atom stereocenters. The fourth-order valence-corrected chi connectivity index (χ4v) is 3.27. The molecule has 25 heavy (non-hydrogen) atoms. The summed E-state index contributed by atoms with van der Waals surface area (Å²) in [5.41, 5.74) is 2.85. The Labute approximate surface area is 151 Å². The minimum atomic E-state index is -0.236. The summed E-state index contributed by atoms with van der Waals surface area (Å²) in [5, 5.41) is 2.86. The van der Waals surface area contributed by atoms with Crippen LogP contribution in [0.2, 0.25) is 0 Å². The molecule has 0 amide bonds. The highest BCUT2D eigenvalue weighted by Crippen LogP contribution is 2.24. The third kappa shape index (κ3) is 4.67. The Balaban J connectivity index is 1.50. The highest BCUT2D eigenvalue weighted by Gasteiger charge is 2.09. The van der Waals surface area contributed by atoms with Gasteiger partial charge in [-0.3, -0.25) is 4.79 Å². The van der Waals surface area contributed by atoms with Crippen molar-refractivity contribution in [1.29, 1.82) is 0 Å². The van der Waals surface area contributed by atoms with E-state index in [1.807, 2.05) is 60.0 Å². The summed E-state index contributed by atoms with van der Waals surface area (Å²) in [5.74, 6) is 0.558. The Morgan fingerprint density at radius 1 is 1.08 bits per heavy atom. The topological polar surface area (TPSA) is 48.4 Å². The third-order valence-electron chi connectivity index (χ3n) is 3.74. The van der Waals surface area contributed by atoms with Crippen molar-refractivity contribution in [1.82, 2.24) is 4.98 Å². The van der Waals surface area contributed by atoms with Crippen LogP contribution in [0.4, 0.5) is 0 Å². The highest BCUT2D eigenvalue weighted by atomic mass is 32.1. The van der Waals surface area contributed by atoms with Crippen molar-refractivity contribution >= 4 is 17.3 Å². The number of hydrogen-bond acceptors (Lipinski definition) is 5. The molecule has 4 nitrogen and oxygen atoms in total. The molecule has 0 spiro atoms. The lowest BCUT2D eigenvalue weighted by Crippen LogP contribution is -2.06. The number of carbonyl (C=O) groups is 1. The van der Waals surface area contributed by atoms with Gasteiger partial charge in [0.15, 0.2) is 0 Å². The fraction of sp³-hybridized carbons (Fsp3) is 0.200. The van der Waals surface area contributed by atoms with Crippen LogP contribution in [0.15, 0.2) is 60.0 Å². The van der Waals surface area contributed by atoms with Crippen molar-refractivity contribution in [2.45, 2.75) is 19.4 Å². The Hall–Kier alpha value is -2.66. The Kier molecular flexibility index (Phi) is 5.80. The summed E-state index contributed by atoms with van der Waals surface area (Å²) >= 11 is 1.55. The van der Waals surface area contributed by atoms with Crippen LogP contribution in [0, 0.1) is 0 Å². The second-order valence-electron chi connectivity index (χ2n) is 5.48. The van der Waals surface area contributed by atoms with E-state index in [4.69, 9.17) is 9.47 Å². The average Bonchev–Trinajstić information content (AvgIpc) is 3.14. The summed E-state index contributed by atoms with van der Waals surface area (Å²) in [6.07, 6.45) is 0.908. The molecule has 0 aliphatic rings. The predicted octanol–water partition coefficient (Wildman–Crippen LogP) is 4.49. The van der Waals surface area contributed by atoms with Gasteiger partial charge in [-0.1, -0.05) is 48.5 Å². The first kappa shape index (κ1) is 17.2. The van der Waals surface area contributed by atoms with E-state index < -0.39 is 0 Å². The van der Waals surface area contributed by atoms with Crippen LogP contribution in [0.3, 0.4) is 0 Å². The minimum absolute atomic E-state index is 0.202. The van der Waals surface area contributed by atoms with Crippen molar-refractivity contribution < 1.29 is 14.3 Å². The van der Waals surface area contributed by atoms with Gasteiger partial charge in [0.25, 0.3) is 0 Å². The van der Waals surface area contributed by atoms with Crippen molar-refractivity contribution in [3.8, 4) is 16.3 Å². The van der Waals surface area contributed by atoms with Crippen molar-refractivity contribution in [3.05, 3.63) is 71.2 Å². The normalized spacial score (nSPS) is 10.4. The van der Waals surface area contributed by atoms with E-state index in [1.54, 1.807) is 18.4 Å². The molecule has 0 unspecified atom stereocenters. The molecular formula is C20H19NO3S. The van der Waals surface area contributed by atoms with Gasteiger partial charge in [-0.25, -0.2) is 4.98 Å². The number of hydrogen-bond donors (Lipinski definition) is 0. The van der Waals surface area contributed by atoms with Gasteiger partial charge in [0.2, 0.25) is 0 Å². The summed E-state index contributed by atoms with van der Waals surface area (Å²) in [4.78, 5) is 16.5. The molecule has 0 aliphatic carbocycles. The molecular weight excluding hydrogens is 334 g/mol. The van der Waals surface area contributed by atoms with E-state index in [0.29, 0.717) is 12.8 Å². The molecule has 128 valence electrons. The molecule has 0 saturated heterocycles. The van der Waals surface area contributed by atoms with Crippen molar-refractivity contribution in [2.75, 3.05) is 7.11 Å². The van der Waals surface area contributed by atoms with Crippen LogP contribution >= 0.6 is 11.3 Å². The Morgan fingerprint density at radius 2 is 1.84 bits per heavy atom. The fourth-order valence-electron chi connectivity index (χ4n) is 2.46. The summed E-state index contributed by atoms with van der Waals surface area (Å²) in [6, 6.07) is 17.7. The predicted molar refractivity (Wildman–Crippen MR) is 98.7 cm³/mol. The van der Waals surface area contributed by atoms with Crippen molar-refractivity contribution in [3.63, 3.8) is 0 Å². The molecule has 3 aromatic rings. The molecule has 3 rings (SSSR count). The van der Waals surface area contributed by atoms with Gasteiger partial charge in [-0.2, -0.15) is 0 Å². The number of aryl methyl sites for hydroxylation is 1. The zero-order chi connectivity index (χ0) is 17.5. The number of ether oxygens (including phenoxy) is 2. The van der Waals surface area contributed by atoms with Crippen LogP contribution in [-0.2, 0) is 22.6 Å². The average molecular weight is 353 g/mol. The number of carbonyl (C=O) groups excluding carboxylic acids is 1. The first-order valence-corrected chi connectivity index (χ1v) is 8.91. The van der Waals surface area contributed by atoms with Gasteiger partial charge >= 0.3 is 5.97 Å². The summed E-state index contributed by atoms with van der Waals surface area (Å²) in [7, 11) is 1.63. The van der Waals surface area contributed by atoms with Gasteiger partial charge in [0.1, 0.15) is 17.4 Å². The van der Waals surface area contributed by atoms with Crippen LogP contribution in [0.1, 0.15) is 17.7 Å². The maximum absolute atomic E-state index is 12.0. The number of aromatic nitrogens is 1. The number of methoxy groups -OCH3 is 1. The molecule has 0 N–H and O–H groups in total. The second-order valence-corrected chi connectivity index (χ2v) is 6.34. The van der Waals surface area contributed by atoms with E-state index in [1.165, 1.54) is 0 Å². The van der Waals surface area contributed by atoms with E-state index in [2.05, 4.69) is 4.98 Å². The van der Waals surface area contributed by atoms with E-state index in [0.717, 1.165) is 27.6 Å². The zero-order valence-corrected chi connectivity index (χ0v) is 14.8. The largest absolute Gasteiger partial charge is 0.496 e. The molecule has 1 aromatic heterocycles. The Morgan fingerprint density at radius 3 is 2.64 bits per heavy atom. The molecule has 0 aliphatic heterocycles. The van der Waals surface area contributed by atoms with Crippen LogP contribution in [0.25, 0.3) is 10.6 Å². The lowest BCUT2D eigenvalue weighted by molar-refractivity contribution is -0.145. The maximum atomic E-state index is 12.0. The van der Waals surface area contributed by atoms with Gasteiger partial charge in [-0.15, -0.1) is 11.3 Å². The number of esters is 1. The van der Waals surface area contributed by atoms with Gasteiger partial charge < -0.3 is 9.47 Å². The van der Waals surface area contributed by atoms with Crippen molar-refractivity contribution in [2.24, 2.45) is 0 Å². The number of rotatable bonds is 7. The first-order valence-electron chi connectivity index (χ1n) is 8.03. The monoisotopic (exact) mass is 353 g/mol. The lowest BCUT2D eigenvalue weighted by atomic mass is 10.1. The van der Waals surface area contributed by atoms with Gasteiger partial charge in [0.05, 0.1) is 12.8 Å². The first-order chi connectivity index (χ1) is 12.3. The van der Waals surface area contributed by atoms with E-state index >= 15 is 0 Å². The van der Waals surface area contributed by atoms with E-state index in [9.17, 15) is 4.79 Å². The van der Waals surface area contributed by atoms with Crippen LogP contribution in [0.5, 0.6) is 5.75 Å².